The van der Waals surface area contributed by atoms with Crippen LogP contribution < -0.4 is 20.3 Å². The van der Waals surface area contributed by atoms with Gasteiger partial charge in [-0.05, 0) is 68.0 Å². The second-order valence-electron chi connectivity index (χ2n) is 22.4. The third-order valence-corrected chi connectivity index (χ3v) is 18.3. The average molecular weight is 1240 g/mol. The smallest absolute Gasteiger partial charge is 0.409 e. The van der Waals surface area contributed by atoms with Gasteiger partial charge in [-0.3, -0.25) is 24.5 Å². The van der Waals surface area contributed by atoms with E-state index in [0.717, 1.165) is 33.5 Å². The SMILES string of the molecule is COc1cc2cc(c1Cl)N(C)C(=O)C[C@H](OC(=O)[C@H](C)N(C)C(=O)CCOCCOCCNC(=O)CN1N=C(CCSC(c3ccccc3)(c3ccccc3)c3ccccc3)CC1=O)[C@]1(C)OC1[C@H](C)[C@@H]1C[C@@](O)(NC(=O)O1)[C@H](OC)/C=C/C=C(\C)C2. The van der Waals surface area contributed by atoms with E-state index in [-0.39, 0.29) is 82.0 Å². The number of allylic oxidation sites excluding steroid dienone is 3. The van der Waals surface area contributed by atoms with Gasteiger partial charge in [0.2, 0.25) is 23.6 Å². The van der Waals surface area contributed by atoms with Crippen molar-refractivity contribution >= 4 is 70.5 Å². The maximum Gasteiger partial charge on any atom is 0.409 e. The number of amides is 5. The summed E-state index contributed by atoms with van der Waals surface area (Å²) in [5, 5.41) is 23.1. The molecule has 8 rings (SSSR count). The van der Waals surface area contributed by atoms with Crippen LogP contribution in [-0.2, 0) is 63.6 Å². The lowest BCUT2D eigenvalue weighted by Crippen LogP contribution is -2.63. The van der Waals surface area contributed by atoms with Crippen molar-refractivity contribution < 1.29 is 67.0 Å². The third kappa shape index (κ3) is 16.0. The van der Waals surface area contributed by atoms with E-state index >= 15 is 0 Å². The van der Waals surface area contributed by atoms with Gasteiger partial charge in [-0.2, -0.15) is 5.10 Å². The molecule has 4 bridgehead atoms. The molecule has 466 valence electrons. The number of anilines is 1. The van der Waals surface area contributed by atoms with Crippen LogP contribution in [0.25, 0.3) is 0 Å². The lowest BCUT2D eigenvalue weighted by atomic mass is 9.83. The van der Waals surface area contributed by atoms with Gasteiger partial charge in [0.15, 0.2) is 5.72 Å². The largest absolute Gasteiger partial charge is 0.495 e. The minimum Gasteiger partial charge on any atom is -0.495 e. The molecule has 20 nitrogen and oxygen atoms in total. The fourth-order valence-electron chi connectivity index (χ4n) is 11.2. The van der Waals surface area contributed by atoms with Crippen LogP contribution >= 0.6 is 23.4 Å². The highest BCUT2D eigenvalue weighted by Crippen LogP contribution is 2.51. The molecule has 0 aromatic heterocycles. The Kier molecular flexibility index (Phi) is 22.5. The number of fused-ring (bicyclic) bond motifs is 5. The number of aliphatic hydroxyl groups is 1. The molecular formula is C65H79ClN6O14S. The molecular weight excluding hydrogens is 1160 g/mol. The monoisotopic (exact) mass is 1230 g/mol. The quantitative estimate of drug-likeness (QED) is 0.0279. The Labute approximate surface area is 517 Å². The summed E-state index contributed by atoms with van der Waals surface area (Å²) < 4.78 is 40.3. The molecule has 4 aromatic rings. The van der Waals surface area contributed by atoms with Crippen LogP contribution in [0.2, 0.25) is 5.02 Å². The number of likely N-dealkylation sites (N-methyl/N-ethyl adjacent to an activating group) is 1. The number of halogens is 1. The number of esters is 1. The molecule has 87 heavy (non-hydrogen) atoms. The number of methoxy groups -OCH3 is 2. The van der Waals surface area contributed by atoms with E-state index in [4.69, 9.17) is 44.8 Å². The number of hydrogen-bond donors (Lipinski definition) is 3. The molecule has 0 aliphatic carbocycles. The Hall–Kier alpha value is -7.11. The van der Waals surface area contributed by atoms with E-state index in [2.05, 4.69) is 52.1 Å². The van der Waals surface area contributed by atoms with E-state index in [0.29, 0.717) is 30.0 Å². The van der Waals surface area contributed by atoms with Crippen LogP contribution in [0.4, 0.5) is 10.5 Å². The Balaban J connectivity index is 0.794. The summed E-state index contributed by atoms with van der Waals surface area (Å²) in [6.45, 7) is 7.36. The summed E-state index contributed by atoms with van der Waals surface area (Å²) in [5.74, 6) is -1.89. The molecule has 8 atom stereocenters. The van der Waals surface area contributed by atoms with E-state index in [1.807, 2.05) is 67.6 Å². The summed E-state index contributed by atoms with van der Waals surface area (Å²) in [4.78, 5) is 83.5. The number of alkyl carbamates (subject to hydrolysis) is 1. The van der Waals surface area contributed by atoms with E-state index in [1.54, 1.807) is 56.9 Å². The zero-order chi connectivity index (χ0) is 62.5. The highest BCUT2D eigenvalue weighted by molar-refractivity contribution is 8.00. The first-order chi connectivity index (χ1) is 41.7. The van der Waals surface area contributed by atoms with Crippen molar-refractivity contribution in [1.29, 1.82) is 0 Å². The normalized spacial score (nSPS) is 24.5. The topological polar surface area (TPSA) is 237 Å². The van der Waals surface area contributed by atoms with Gasteiger partial charge in [-0.15, -0.1) is 11.8 Å². The number of ether oxygens (including phenoxy) is 7. The lowest BCUT2D eigenvalue weighted by Gasteiger charge is -2.42. The lowest BCUT2D eigenvalue weighted by molar-refractivity contribution is -0.162. The van der Waals surface area contributed by atoms with Crippen molar-refractivity contribution in [1.82, 2.24) is 20.5 Å². The standard InChI is InChI=1S/C65H79ClN6O14S/c1-42-19-18-26-53(81-8)64(79)40-52(84-62(78)68-64)43(2)60-63(4,86-60)54(39-57(75)71(6)50-36-45(35-42)37-51(80-7)59(50)66)85-61(77)44(3)70(5)56(74)27-30-82-32-33-83-31-29-67-55(73)41-72-58(76)38-49(69-72)28-34-87-65(46-20-12-9-13-21-46,47-22-14-10-15-23-47)48-24-16-11-17-25-48/h9-26,36-37,43-44,52-54,60,79H,27-35,38-41H2,1-8H3,(H,67,73)(H,68,78)/b26-18+,42-19+/t43-,44+,52+,53-,54+,60?,63+,64+/m1/s1. The number of nitrogens with one attached hydrogen (secondary N) is 2. The Bertz CT molecular complexity index is 3080. The maximum atomic E-state index is 14.4. The number of thioether (sulfide) groups is 1. The molecule has 0 spiro atoms. The van der Waals surface area contributed by atoms with Crippen LogP contribution in [0, 0.1) is 5.92 Å². The molecule has 22 heteroatoms. The number of hydrazone groups is 1. The molecule has 4 aliphatic heterocycles. The van der Waals surface area contributed by atoms with Gasteiger partial charge in [-0.25, -0.2) is 14.6 Å². The zero-order valence-corrected chi connectivity index (χ0v) is 52.1. The van der Waals surface area contributed by atoms with Gasteiger partial charge in [-0.1, -0.05) is 133 Å². The van der Waals surface area contributed by atoms with Crippen molar-refractivity contribution in [2.24, 2.45) is 11.0 Å². The molecule has 4 aromatic carbocycles. The predicted octanol–water partition coefficient (Wildman–Crippen LogP) is 7.76. The van der Waals surface area contributed by atoms with Crippen LogP contribution in [0.1, 0.15) is 82.1 Å². The van der Waals surface area contributed by atoms with Gasteiger partial charge in [0.05, 0.1) is 69.3 Å². The van der Waals surface area contributed by atoms with Gasteiger partial charge in [0.25, 0.3) is 0 Å². The predicted molar refractivity (Wildman–Crippen MR) is 330 cm³/mol. The van der Waals surface area contributed by atoms with E-state index in [1.165, 1.54) is 43.0 Å². The molecule has 0 radical (unpaired) electrons. The Morgan fingerprint density at radius 2 is 1.56 bits per heavy atom. The van der Waals surface area contributed by atoms with Gasteiger partial charge in [0.1, 0.15) is 47.3 Å². The average Bonchev–Trinajstić information content (AvgIpc) is 1.71. The first kappa shape index (κ1) is 65.9. The van der Waals surface area contributed by atoms with Crippen molar-refractivity contribution in [2.45, 2.75) is 113 Å². The fraction of sp³-hybridized carbons (Fsp3) is 0.462. The third-order valence-electron chi connectivity index (χ3n) is 16.4. The van der Waals surface area contributed by atoms with Crippen LogP contribution in [-0.4, -0.2) is 172 Å². The van der Waals surface area contributed by atoms with Crippen LogP contribution in [0.5, 0.6) is 5.75 Å². The molecule has 2 saturated heterocycles. The summed E-state index contributed by atoms with van der Waals surface area (Å²) in [7, 11) is 5.92. The van der Waals surface area contributed by atoms with Crippen molar-refractivity contribution in [3.63, 3.8) is 0 Å². The summed E-state index contributed by atoms with van der Waals surface area (Å²) in [6, 6.07) is 33.6. The second kappa shape index (κ2) is 29.7. The van der Waals surface area contributed by atoms with Crippen LogP contribution in [0.15, 0.2) is 132 Å². The minimum atomic E-state index is -1.88. The van der Waals surface area contributed by atoms with Crippen molar-refractivity contribution in [3.05, 3.63) is 154 Å². The van der Waals surface area contributed by atoms with Crippen molar-refractivity contribution in [3.8, 4) is 5.75 Å². The second-order valence-corrected chi connectivity index (χ2v) is 24.1. The molecule has 0 saturated carbocycles. The molecule has 4 heterocycles. The summed E-state index contributed by atoms with van der Waals surface area (Å²) >= 11 is 8.62. The molecule has 2 fully saturated rings. The molecule has 4 aliphatic rings. The Morgan fingerprint density at radius 1 is 0.931 bits per heavy atom. The molecule has 5 amide bonds. The van der Waals surface area contributed by atoms with Gasteiger partial charge >= 0.3 is 12.1 Å². The number of carbonyl (C=O) groups excluding carboxylic acids is 6. The van der Waals surface area contributed by atoms with E-state index < -0.39 is 76.3 Å². The fourth-order valence-corrected chi connectivity index (χ4v) is 13.1. The number of benzene rings is 4. The van der Waals surface area contributed by atoms with Crippen molar-refractivity contribution in [2.75, 3.05) is 78.5 Å². The number of carbonyl (C=O) groups is 6. The van der Waals surface area contributed by atoms with Crippen LogP contribution in [0.3, 0.4) is 0 Å². The highest BCUT2D eigenvalue weighted by Gasteiger charge is 2.64. The Morgan fingerprint density at radius 3 is 2.18 bits per heavy atom. The number of hydrogen-bond acceptors (Lipinski definition) is 16. The van der Waals surface area contributed by atoms with Gasteiger partial charge in [0, 0.05) is 51.6 Å². The molecule has 3 N–H and O–H groups in total. The maximum absolute atomic E-state index is 14.4. The zero-order valence-electron chi connectivity index (χ0n) is 50.5. The molecule has 1 unspecified atom stereocenters. The summed E-state index contributed by atoms with van der Waals surface area (Å²) in [6.07, 6.45) is 1.11. The first-order valence-electron chi connectivity index (χ1n) is 29.2. The number of rotatable bonds is 23. The van der Waals surface area contributed by atoms with E-state index in [9.17, 15) is 33.9 Å². The number of nitrogens with zero attached hydrogens (tertiary/aromatic N) is 4. The minimum absolute atomic E-state index is 0.0151. The first-order valence-corrected chi connectivity index (χ1v) is 30.5. The number of epoxide rings is 1. The van der Waals surface area contributed by atoms with Gasteiger partial charge < -0.3 is 53.4 Å². The summed E-state index contributed by atoms with van der Waals surface area (Å²) in [5.41, 5.74) is 3.01. The highest BCUT2D eigenvalue weighted by atomic mass is 35.5.